The summed E-state index contributed by atoms with van der Waals surface area (Å²) >= 11 is 0. The summed E-state index contributed by atoms with van der Waals surface area (Å²) in [5.41, 5.74) is 2.80. The fourth-order valence-corrected chi connectivity index (χ4v) is 4.40. The second-order valence-electron chi connectivity index (χ2n) is 8.23. The van der Waals surface area contributed by atoms with Gasteiger partial charge in [-0.3, -0.25) is 4.57 Å². The van der Waals surface area contributed by atoms with Gasteiger partial charge in [-0.2, -0.15) is 4.98 Å². The largest absolute Gasteiger partial charge is 0.497 e. The average molecular weight is 435 g/mol. The van der Waals surface area contributed by atoms with Crippen molar-refractivity contribution in [1.82, 2.24) is 19.5 Å². The molecular formula is C24H27FN6O. The minimum absolute atomic E-state index is 0.230. The Balaban J connectivity index is 1.51. The van der Waals surface area contributed by atoms with Gasteiger partial charge in [-0.15, -0.1) is 0 Å². The van der Waals surface area contributed by atoms with E-state index in [9.17, 15) is 4.39 Å². The zero-order valence-electron chi connectivity index (χ0n) is 18.1. The van der Waals surface area contributed by atoms with E-state index in [4.69, 9.17) is 14.7 Å². The molecular weight excluding hydrogens is 407 g/mol. The molecule has 0 aliphatic heterocycles. The minimum Gasteiger partial charge on any atom is -0.497 e. The molecule has 8 heteroatoms. The Morgan fingerprint density at radius 3 is 2.53 bits per heavy atom. The third-order valence-electron chi connectivity index (χ3n) is 6.06. The molecule has 7 nitrogen and oxygen atoms in total. The number of nitrogens with one attached hydrogen (secondary N) is 2. The molecule has 0 saturated heterocycles. The lowest BCUT2D eigenvalue weighted by molar-refractivity contribution is 0.361. The fraction of sp³-hybridized carbons (Fsp3) is 0.375. The third kappa shape index (κ3) is 4.17. The number of anilines is 3. The number of allylic oxidation sites excluding steroid dienone is 3. The molecule has 2 heterocycles. The summed E-state index contributed by atoms with van der Waals surface area (Å²) in [5.74, 6) is 1.68. The van der Waals surface area contributed by atoms with Gasteiger partial charge < -0.3 is 15.4 Å². The summed E-state index contributed by atoms with van der Waals surface area (Å²) in [5, 5.41) is 6.49. The van der Waals surface area contributed by atoms with Gasteiger partial charge in [0, 0.05) is 11.7 Å². The molecule has 1 fully saturated rings. The van der Waals surface area contributed by atoms with E-state index in [1.165, 1.54) is 19.3 Å². The molecule has 166 valence electrons. The summed E-state index contributed by atoms with van der Waals surface area (Å²) in [6.07, 6.45) is 12.5. The fourth-order valence-electron chi connectivity index (χ4n) is 4.40. The van der Waals surface area contributed by atoms with Crippen molar-refractivity contribution in [3.8, 4) is 5.75 Å². The van der Waals surface area contributed by atoms with Gasteiger partial charge in [0.25, 0.3) is 0 Å². The molecule has 0 spiro atoms. The van der Waals surface area contributed by atoms with E-state index in [-0.39, 0.29) is 11.9 Å². The van der Waals surface area contributed by atoms with E-state index in [0.29, 0.717) is 23.1 Å². The first-order valence-electron chi connectivity index (χ1n) is 11.2. The van der Waals surface area contributed by atoms with Crippen LogP contribution >= 0.6 is 0 Å². The maximum Gasteiger partial charge on any atom is 0.229 e. The number of hydrogen-bond donors (Lipinski definition) is 2. The molecule has 0 atom stereocenters. The second kappa shape index (κ2) is 8.98. The number of aromatic nitrogens is 4. The number of rotatable bonds is 6. The number of ether oxygens (including phenoxy) is 1. The van der Waals surface area contributed by atoms with Crippen LogP contribution in [0.1, 0.15) is 51.0 Å². The standard InChI is InChI=1S/C24H27FN6O/c1-32-18-13-11-16(12-14-18)27-23-26-15-21-22(30-23)31(17-7-3-2-4-8-17)24(29-21)28-20-10-6-5-9-19(20)25/h9-15,17H,2-8H2,1H3,(H,28,29)(H,26,27,30). The Hall–Kier alpha value is -3.42. The summed E-state index contributed by atoms with van der Waals surface area (Å²) in [6.45, 7) is 0. The van der Waals surface area contributed by atoms with Crippen LogP contribution in [0.4, 0.5) is 22.0 Å². The van der Waals surface area contributed by atoms with Crippen molar-refractivity contribution in [3.05, 3.63) is 54.1 Å². The lowest BCUT2D eigenvalue weighted by atomic mass is 9.95. The summed E-state index contributed by atoms with van der Waals surface area (Å²) in [7, 11) is 1.64. The summed E-state index contributed by atoms with van der Waals surface area (Å²) in [6, 6.07) is 7.88. The molecule has 32 heavy (non-hydrogen) atoms. The molecule has 2 aromatic heterocycles. The lowest BCUT2D eigenvalue weighted by Crippen LogP contribution is -2.17. The van der Waals surface area contributed by atoms with Crippen molar-refractivity contribution >= 4 is 28.7 Å². The van der Waals surface area contributed by atoms with E-state index in [0.717, 1.165) is 42.8 Å². The number of hydrogen-bond acceptors (Lipinski definition) is 6. The highest BCUT2D eigenvalue weighted by Crippen LogP contribution is 2.35. The highest BCUT2D eigenvalue weighted by Gasteiger charge is 2.24. The van der Waals surface area contributed by atoms with E-state index in [1.54, 1.807) is 19.4 Å². The van der Waals surface area contributed by atoms with Crippen molar-refractivity contribution in [1.29, 1.82) is 0 Å². The molecule has 1 aromatic carbocycles. The number of fused-ring (bicyclic) bond motifs is 1. The van der Waals surface area contributed by atoms with E-state index < -0.39 is 0 Å². The zero-order valence-corrected chi connectivity index (χ0v) is 18.1. The van der Waals surface area contributed by atoms with Crippen LogP contribution < -0.4 is 15.4 Å². The minimum atomic E-state index is -0.230. The average Bonchev–Trinajstić information content (AvgIpc) is 3.19. The summed E-state index contributed by atoms with van der Waals surface area (Å²) < 4.78 is 21.7. The van der Waals surface area contributed by atoms with Crippen molar-refractivity contribution in [3.63, 3.8) is 0 Å². The predicted molar refractivity (Wildman–Crippen MR) is 124 cm³/mol. The van der Waals surface area contributed by atoms with Crippen LogP contribution in [0, 0.1) is 0 Å². The first kappa shape index (κ1) is 20.5. The molecule has 2 N–H and O–H groups in total. The molecule has 0 radical (unpaired) electrons. The number of imidazole rings is 1. The topological polar surface area (TPSA) is 76.9 Å². The van der Waals surface area contributed by atoms with Crippen LogP contribution in [0.2, 0.25) is 0 Å². The van der Waals surface area contributed by atoms with Crippen molar-refractivity contribution in [2.45, 2.75) is 51.0 Å². The molecule has 2 aliphatic carbocycles. The van der Waals surface area contributed by atoms with E-state index in [1.807, 2.05) is 30.3 Å². The molecule has 1 saturated carbocycles. The van der Waals surface area contributed by atoms with Gasteiger partial charge in [-0.1, -0.05) is 25.3 Å². The number of methoxy groups -OCH3 is 1. The van der Waals surface area contributed by atoms with Crippen LogP contribution in [0.5, 0.6) is 5.75 Å². The second-order valence-corrected chi connectivity index (χ2v) is 8.23. The van der Waals surface area contributed by atoms with Gasteiger partial charge in [-0.05, 0) is 56.0 Å². The lowest BCUT2D eigenvalue weighted by Gasteiger charge is -2.25. The Labute approximate surface area is 186 Å². The van der Waals surface area contributed by atoms with Gasteiger partial charge in [0.1, 0.15) is 17.1 Å². The third-order valence-corrected chi connectivity index (χ3v) is 6.06. The van der Waals surface area contributed by atoms with Gasteiger partial charge in [0.05, 0.1) is 19.0 Å². The van der Waals surface area contributed by atoms with Gasteiger partial charge >= 0.3 is 0 Å². The molecule has 0 amide bonds. The molecule has 0 unspecified atom stereocenters. The molecule has 5 rings (SSSR count). The van der Waals surface area contributed by atoms with Crippen LogP contribution in [-0.2, 0) is 0 Å². The SMILES string of the molecule is COc1ccc(Nc2ncc3nc(NC4=CCCC=C4F)n(C4CCCCC4)c3n2)cc1. The monoisotopic (exact) mass is 434 g/mol. The summed E-state index contributed by atoms with van der Waals surface area (Å²) in [4.78, 5) is 14.0. The quantitative estimate of drug-likeness (QED) is 0.493. The van der Waals surface area contributed by atoms with Crippen LogP contribution in [0.3, 0.4) is 0 Å². The van der Waals surface area contributed by atoms with Gasteiger partial charge in [0.15, 0.2) is 5.65 Å². The normalized spacial score (nSPS) is 17.1. The highest BCUT2D eigenvalue weighted by molar-refractivity contribution is 5.76. The number of nitrogens with zero attached hydrogens (tertiary/aromatic N) is 4. The van der Waals surface area contributed by atoms with Crippen LogP contribution in [0.25, 0.3) is 11.2 Å². The number of halogens is 1. The highest BCUT2D eigenvalue weighted by atomic mass is 19.1. The van der Waals surface area contributed by atoms with E-state index >= 15 is 0 Å². The zero-order chi connectivity index (χ0) is 21.9. The first-order chi connectivity index (χ1) is 15.7. The van der Waals surface area contributed by atoms with Gasteiger partial charge in [-0.25, -0.2) is 14.4 Å². The maximum absolute atomic E-state index is 14.4. The Kier molecular flexibility index (Phi) is 5.75. The predicted octanol–water partition coefficient (Wildman–Crippen LogP) is 6.03. The smallest absolute Gasteiger partial charge is 0.229 e. The molecule has 2 aliphatic rings. The maximum atomic E-state index is 14.4. The van der Waals surface area contributed by atoms with Gasteiger partial charge in [0.2, 0.25) is 11.9 Å². The Bertz CT molecular complexity index is 1160. The Morgan fingerprint density at radius 2 is 1.78 bits per heavy atom. The van der Waals surface area contributed by atoms with Crippen molar-refractivity contribution < 1.29 is 9.13 Å². The molecule has 0 bridgehead atoms. The first-order valence-corrected chi connectivity index (χ1v) is 11.2. The number of benzene rings is 1. The molecule has 3 aromatic rings. The van der Waals surface area contributed by atoms with Crippen molar-refractivity contribution in [2.24, 2.45) is 0 Å². The Morgan fingerprint density at radius 1 is 1.00 bits per heavy atom. The van der Waals surface area contributed by atoms with Crippen molar-refractivity contribution in [2.75, 3.05) is 17.7 Å². The van der Waals surface area contributed by atoms with Crippen LogP contribution in [0.15, 0.2) is 54.1 Å². The van der Waals surface area contributed by atoms with Crippen LogP contribution in [-0.4, -0.2) is 26.6 Å². The van der Waals surface area contributed by atoms with E-state index in [2.05, 4.69) is 20.2 Å².